The van der Waals surface area contributed by atoms with E-state index in [0.717, 1.165) is 89.0 Å². The number of amides is 1. The van der Waals surface area contributed by atoms with Gasteiger partial charge in [0.15, 0.2) is 0 Å². The molecule has 2 saturated heterocycles. The third-order valence-corrected chi connectivity index (χ3v) is 6.11. The lowest BCUT2D eigenvalue weighted by atomic mass is 10.1. The van der Waals surface area contributed by atoms with Crippen LogP contribution in [0.15, 0.2) is 21.8 Å². The van der Waals surface area contributed by atoms with E-state index in [0.29, 0.717) is 12.5 Å². The first-order valence-corrected chi connectivity index (χ1v) is 13.6. The molecule has 2 aliphatic heterocycles. The van der Waals surface area contributed by atoms with Crippen LogP contribution in [0.4, 0.5) is 4.79 Å². The summed E-state index contributed by atoms with van der Waals surface area (Å²) >= 11 is 0. The molecular formula is C27H50N6O3. The van der Waals surface area contributed by atoms with Crippen LogP contribution in [0.25, 0.3) is 0 Å². The van der Waals surface area contributed by atoms with Gasteiger partial charge in [-0.1, -0.05) is 19.9 Å². The molecule has 1 amide bonds. The van der Waals surface area contributed by atoms with Crippen molar-refractivity contribution in [3.8, 4) is 0 Å². The third-order valence-electron chi connectivity index (χ3n) is 6.11. The smallest absolute Gasteiger partial charge is 0.407 e. The van der Waals surface area contributed by atoms with Crippen molar-refractivity contribution in [2.24, 2.45) is 15.9 Å². The predicted octanol–water partition coefficient (Wildman–Crippen LogP) is 3.32. The van der Waals surface area contributed by atoms with E-state index >= 15 is 0 Å². The molecule has 0 aromatic rings. The summed E-state index contributed by atoms with van der Waals surface area (Å²) in [5.74, 6) is 1.43. The monoisotopic (exact) mass is 506 g/mol. The maximum atomic E-state index is 11.9. The van der Waals surface area contributed by atoms with Crippen molar-refractivity contribution in [1.29, 1.82) is 0 Å². The Bertz CT molecular complexity index is 766. The molecule has 2 rings (SSSR count). The number of carbonyl (C=O) groups is 1. The molecule has 0 bridgehead atoms. The van der Waals surface area contributed by atoms with Gasteiger partial charge in [0.1, 0.15) is 17.1 Å². The zero-order chi connectivity index (χ0) is 26.6. The fraction of sp³-hybridized carbons (Fsp3) is 0.815. The first-order valence-electron chi connectivity index (χ1n) is 13.6. The van der Waals surface area contributed by atoms with Gasteiger partial charge >= 0.3 is 6.09 Å². The number of morpholine rings is 1. The Balaban J connectivity index is 2.03. The molecule has 0 radical (unpaired) electrons. The zero-order valence-corrected chi connectivity index (χ0v) is 23.7. The van der Waals surface area contributed by atoms with Crippen LogP contribution >= 0.6 is 0 Å². The van der Waals surface area contributed by atoms with Gasteiger partial charge in [-0.3, -0.25) is 14.9 Å². The summed E-state index contributed by atoms with van der Waals surface area (Å²) in [5.41, 5.74) is 1.61. The minimum Gasteiger partial charge on any atom is -0.444 e. The van der Waals surface area contributed by atoms with Gasteiger partial charge in [0.2, 0.25) is 0 Å². The van der Waals surface area contributed by atoms with Crippen LogP contribution in [0.2, 0.25) is 0 Å². The van der Waals surface area contributed by atoms with Crippen LogP contribution in [-0.4, -0.2) is 105 Å². The molecule has 0 unspecified atom stereocenters. The van der Waals surface area contributed by atoms with Crippen molar-refractivity contribution in [3.63, 3.8) is 0 Å². The summed E-state index contributed by atoms with van der Waals surface area (Å²) in [4.78, 5) is 26.5. The Hall–Kier alpha value is -2.13. The second kappa shape index (κ2) is 15.2. The molecule has 0 spiro atoms. The molecular weight excluding hydrogens is 456 g/mol. The summed E-state index contributed by atoms with van der Waals surface area (Å²) < 4.78 is 10.8. The zero-order valence-electron chi connectivity index (χ0n) is 23.7. The van der Waals surface area contributed by atoms with E-state index in [1.807, 2.05) is 27.8 Å². The summed E-state index contributed by atoms with van der Waals surface area (Å²) in [5, 5.41) is 6.60. The van der Waals surface area contributed by atoms with Crippen LogP contribution < -0.4 is 10.6 Å². The Morgan fingerprint density at radius 1 is 1.28 bits per heavy atom. The number of rotatable bonds is 10. The number of carbonyl (C=O) groups excluding carboxylic acids is 1. The highest BCUT2D eigenvalue weighted by Gasteiger charge is 2.28. The number of hydrogen-bond acceptors (Lipinski definition) is 7. The molecule has 9 heteroatoms. The highest BCUT2D eigenvalue weighted by atomic mass is 16.6. The topological polar surface area (TPSA) is 90.8 Å². The predicted molar refractivity (Wildman–Crippen MR) is 148 cm³/mol. The maximum Gasteiger partial charge on any atom is 0.407 e. The van der Waals surface area contributed by atoms with Gasteiger partial charge in [-0.15, -0.1) is 0 Å². The van der Waals surface area contributed by atoms with Gasteiger partial charge in [-0.05, 0) is 52.9 Å². The number of hydrogen-bond donors (Lipinski definition) is 2. The lowest BCUT2D eigenvalue weighted by Gasteiger charge is -2.29. The van der Waals surface area contributed by atoms with Crippen LogP contribution in [0.1, 0.15) is 60.8 Å². The lowest BCUT2D eigenvalue weighted by Crippen LogP contribution is -2.41. The summed E-state index contributed by atoms with van der Waals surface area (Å²) in [6.07, 6.45) is 4.69. The normalized spacial score (nSPS) is 23.3. The van der Waals surface area contributed by atoms with Crippen molar-refractivity contribution in [2.75, 3.05) is 66.1 Å². The molecule has 206 valence electrons. The molecule has 9 nitrogen and oxygen atoms in total. The van der Waals surface area contributed by atoms with Crippen LogP contribution in [0, 0.1) is 5.92 Å². The third kappa shape index (κ3) is 10.9. The molecule has 0 aromatic carbocycles. The van der Waals surface area contributed by atoms with E-state index < -0.39 is 5.60 Å². The number of amidine groups is 1. The van der Waals surface area contributed by atoms with E-state index in [2.05, 4.69) is 52.3 Å². The highest BCUT2D eigenvalue weighted by Crippen LogP contribution is 2.18. The molecule has 0 saturated carbocycles. The first-order chi connectivity index (χ1) is 17.1. The quantitative estimate of drug-likeness (QED) is 0.442. The Morgan fingerprint density at radius 3 is 2.61 bits per heavy atom. The van der Waals surface area contributed by atoms with Crippen molar-refractivity contribution in [3.05, 3.63) is 11.8 Å². The number of nitrogens with one attached hydrogen (secondary N) is 2. The summed E-state index contributed by atoms with van der Waals surface area (Å²) in [6, 6.07) is 0.251. The first kappa shape index (κ1) is 30.1. The average molecular weight is 507 g/mol. The number of nitrogens with zero attached hydrogens (tertiary/aromatic N) is 4. The van der Waals surface area contributed by atoms with Crippen molar-refractivity contribution in [1.82, 2.24) is 20.4 Å². The minimum absolute atomic E-state index is 0.251. The van der Waals surface area contributed by atoms with Gasteiger partial charge in [0.05, 0.1) is 25.5 Å². The molecule has 2 heterocycles. The number of aliphatic imine (C=N–C) groups is 2. The van der Waals surface area contributed by atoms with Crippen molar-refractivity contribution in [2.45, 2.75) is 72.4 Å². The lowest BCUT2D eigenvalue weighted by molar-refractivity contribution is 0.0394. The van der Waals surface area contributed by atoms with Gasteiger partial charge < -0.3 is 25.0 Å². The fourth-order valence-electron chi connectivity index (χ4n) is 4.53. The fourth-order valence-corrected chi connectivity index (χ4v) is 4.53. The number of ether oxygens (including phenoxy) is 2. The van der Waals surface area contributed by atoms with Crippen LogP contribution in [0.3, 0.4) is 0 Å². The highest BCUT2D eigenvalue weighted by molar-refractivity contribution is 6.47. The standard InChI is InChI=1S/C27H50N6O3/c1-8-23-24(28-7)25(29-13-14-32-15-17-35-18-16-32)31-22(20-33(23)19-21(2)3)11-9-10-12-30-26(34)36-27(4,5)6/h8,21-22H,9-20H2,1-7H3,(H,29,31)(H,30,34)/b23-8+,28-24?/t22-/m0/s1. The number of alkyl carbamates (subject to hydrolysis) is 1. The van der Waals surface area contributed by atoms with Gasteiger partial charge in [0, 0.05) is 52.4 Å². The molecule has 1 atom stereocenters. The van der Waals surface area contributed by atoms with Gasteiger partial charge in [0.25, 0.3) is 0 Å². The number of allylic oxidation sites excluding steroid dienone is 1. The van der Waals surface area contributed by atoms with Crippen molar-refractivity contribution < 1.29 is 14.3 Å². The molecule has 2 aliphatic rings. The van der Waals surface area contributed by atoms with E-state index in [9.17, 15) is 4.79 Å². The van der Waals surface area contributed by atoms with E-state index in [1.165, 1.54) is 0 Å². The van der Waals surface area contributed by atoms with E-state index in [4.69, 9.17) is 14.5 Å². The number of unbranched alkanes of at least 4 members (excludes halogenated alkanes) is 1. The van der Waals surface area contributed by atoms with Crippen LogP contribution in [-0.2, 0) is 9.47 Å². The largest absolute Gasteiger partial charge is 0.444 e. The molecule has 2 fully saturated rings. The Kier molecular flexibility index (Phi) is 12.7. The maximum absolute atomic E-state index is 11.9. The summed E-state index contributed by atoms with van der Waals surface area (Å²) in [6.45, 7) is 19.9. The summed E-state index contributed by atoms with van der Waals surface area (Å²) in [7, 11) is 1.86. The average Bonchev–Trinajstić information content (AvgIpc) is 2.93. The minimum atomic E-state index is -0.477. The molecule has 0 aromatic heterocycles. The SMILES string of the molecule is C/C=C1\C(=NC)C(=NCCN2CCOCC2)N[C@@H](CCCCNC(=O)OC(C)(C)C)CN1CC(C)C. The second-order valence-corrected chi connectivity index (χ2v) is 11.0. The van der Waals surface area contributed by atoms with Gasteiger partial charge in [-0.25, -0.2) is 4.79 Å². The molecule has 0 aliphatic carbocycles. The second-order valence-electron chi connectivity index (χ2n) is 11.0. The molecule has 2 N–H and O–H groups in total. The van der Waals surface area contributed by atoms with Crippen LogP contribution in [0.5, 0.6) is 0 Å². The van der Waals surface area contributed by atoms with E-state index in [1.54, 1.807) is 0 Å². The Morgan fingerprint density at radius 2 is 2.00 bits per heavy atom. The molecule has 36 heavy (non-hydrogen) atoms. The Labute approximate surface area is 218 Å². The van der Waals surface area contributed by atoms with Crippen molar-refractivity contribution >= 4 is 17.6 Å². The van der Waals surface area contributed by atoms with E-state index in [-0.39, 0.29) is 12.1 Å². The van der Waals surface area contributed by atoms with Gasteiger partial charge in [-0.2, -0.15) is 0 Å².